The number of carboxylic acid groups (broad SMARTS) is 1. The summed E-state index contributed by atoms with van der Waals surface area (Å²) in [7, 11) is 1.56. The Morgan fingerprint density at radius 1 is 1.33 bits per heavy atom. The number of rotatable bonds is 4. The summed E-state index contributed by atoms with van der Waals surface area (Å²) in [6, 6.07) is 7.92. The number of carboxylic acids is 1. The minimum atomic E-state index is -1.14. The molecule has 0 radical (unpaired) electrons. The molecule has 0 fully saturated rings. The molecule has 2 aromatic rings. The van der Waals surface area contributed by atoms with E-state index in [1.54, 1.807) is 25.3 Å². The molecule has 0 aliphatic carbocycles. The summed E-state index contributed by atoms with van der Waals surface area (Å²) in [6.07, 6.45) is 0. The van der Waals surface area contributed by atoms with Gasteiger partial charge in [-0.2, -0.15) is 0 Å². The SMILES string of the molecule is COc1ccc(Oc2ccc(C(=O)O)o2)c(Br)c1. The molecule has 0 spiro atoms. The molecule has 0 unspecified atom stereocenters. The van der Waals surface area contributed by atoms with Crippen LogP contribution in [0, 0.1) is 0 Å². The van der Waals surface area contributed by atoms with Crippen LogP contribution in [0.1, 0.15) is 10.6 Å². The highest BCUT2D eigenvalue weighted by Crippen LogP contribution is 2.33. The normalized spacial score (nSPS) is 10.1. The van der Waals surface area contributed by atoms with E-state index in [0.717, 1.165) is 0 Å². The van der Waals surface area contributed by atoms with Gasteiger partial charge in [0.15, 0.2) is 0 Å². The molecule has 5 nitrogen and oxygen atoms in total. The van der Waals surface area contributed by atoms with Crippen LogP contribution in [-0.2, 0) is 0 Å². The quantitative estimate of drug-likeness (QED) is 0.935. The number of furan rings is 1. The number of ether oxygens (including phenoxy) is 2. The van der Waals surface area contributed by atoms with Crippen LogP contribution in [0.4, 0.5) is 0 Å². The average molecular weight is 313 g/mol. The molecule has 0 aliphatic heterocycles. The fraction of sp³-hybridized carbons (Fsp3) is 0.0833. The second-order valence-electron chi connectivity index (χ2n) is 3.32. The molecular formula is C12H9BrO5. The highest BCUT2D eigenvalue weighted by molar-refractivity contribution is 9.10. The standard InChI is InChI=1S/C12H9BrO5/c1-16-7-2-3-9(8(13)6-7)17-11-5-4-10(18-11)12(14)15/h2-6H,1H3,(H,14,15). The summed E-state index contributed by atoms with van der Waals surface area (Å²) in [5.41, 5.74) is 0. The van der Waals surface area contributed by atoms with E-state index in [1.807, 2.05) is 0 Å². The van der Waals surface area contributed by atoms with Crippen LogP contribution in [0.25, 0.3) is 0 Å². The van der Waals surface area contributed by atoms with Crippen LogP contribution in [0.5, 0.6) is 17.4 Å². The van der Waals surface area contributed by atoms with Gasteiger partial charge in [0.2, 0.25) is 5.76 Å². The zero-order chi connectivity index (χ0) is 13.1. The lowest BCUT2D eigenvalue weighted by atomic mass is 10.3. The molecule has 0 saturated carbocycles. The van der Waals surface area contributed by atoms with Gasteiger partial charge < -0.3 is 19.0 Å². The number of methoxy groups -OCH3 is 1. The Hall–Kier alpha value is -1.95. The van der Waals surface area contributed by atoms with Gasteiger partial charge in [-0.15, -0.1) is 0 Å². The van der Waals surface area contributed by atoms with Crippen molar-refractivity contribution < 1.29 is 23.8 Å². The molecule has 0 amide bonds. The van der Waals surface area contributed by atoms with Gasteiger partial charge >= 0.3 is 5.97 Å². The minimum absolute atomic E-state index is 0.110. The lowest BCUT2D eigenvalue weighted by molar-refractivity contribution is 0.0657. The molecule has 1 aromatic carbocycles. The van der Waals surface area contributed by atoms with E-state index in [2.05, 4.69) is 15.9 Å². The summed E-state index contributed by atoms with van der Waals surface area (Å²) in [5, 5.41) is 8.71. The number of aromatic carboxylic acids is 1. The molecule has 6 heteroatoms. The summed E-state index contributed by atoms with van der Waals surface area (Å²) in [5.74, 6) is -0.0199. The predicted molar refractivity (Wildman–Crippen MR) is 66.4 cm³/mol. The first-order valence-corrected chi connectivity index (χ1v) is 5.74. The average Bonchev–Trinajstić information content (AvgIpc) is 2.80. The van der Waals surface area contributed by atoms with Crippen molar-refractivity contribution in [2.45, 2.75) is 0 Å². The Kier molecular flexibility index (Phi) is 3.57. The molecule has 0 aliphatic rings. The van der Waals surface area contributed by atoms with E-state index in [4.69, 9.17) is 19.0 Å². The van der Waals surface area contributed by atoms with E-state index in [9.17, 15) is 4.79 Å². The van der Waals surface area contributed by atoms with Gasteiger partial charge in [-0.3, -0.25) is 0 Å². The molecular weight excluding hydrogens is 304 g/mol. The first kappa shape index (κ1) is 12.5. The first-order valence-electron chi connectivity index (χ1n) is 4.94. The van der Waals surface area contributed by atoms with Crippen molar-refractivity contribution >= 4 is 21.9 Å². The Morgan fingerprint density at radius 3 is 2.67 bits per heavy atom. The van der Waals surface area contributed by atoms with Gasteiger partial charge in [0.25, 0.3) is 5.95 Å². The van der Waals surface area contributed by atoms with Gasteiger partial charge in [0.05, 0.1) is 11.6 Å². The highest BCUT2D eigenvalue weighted by atomic mass is 79.9. The van der Waals surface area contributed by atoms with E-state index in [-0.39, 0.29) is 11.7 Å². The maximum atomic E-state index is 10.6. The van der Waals surface area contributed by atoms with Crippen molar-refractivity contribution in [2.24, 2.45) is 0 Å². The third-order valence-electron chi connectivity index (χ3n) is 2.14. The van der Waals surface area contributed by atoms with E-state index in [0.29, 0.717) is 16.0 Å². The van der Waals surface area contributed by atoms with Crippen molar-refractivity contribution in [3.8, 4) is 17.4 Å². The Balaban J connectivity index is 2.20. The lowest BCUT2D eigenvalue weighted by Gasteiger charge is -2.06. The number of benzene rings is 1. The van der Waals surface area contributed by atoms with Gasteiger partial charge in [-0.25, -0.2) is 4.79 Å². The predicted octanol–water partition coefficient (Wildman–Crippen LogP) is 3.54. The number of hydrogen-bond donors (Lipinski definition) is 1. The lowest BCUT2D eigenvalue weighted by Crippen LogP contribution is -1.91. The molecule has 0 atom stereocenters. The second-order valence-corrected chi connectivity index (χ2v) is 4.18. The zero-order valence-electron chi connectivity index (χ0n) is 9.34. The van der Waals surface area contributed by atoms with Crippen LogP contribution in [0.3, 0.4) is 0 Å². The molecule has 18 heavy (non-hydrogen) atoms. The van der Waals surface area contributed by atoms with Crippen LogP contribution in [-0.4, -0.2) is 18.2 Å². The summed E-state index contributed by atoms with van der Waals surface area (Å²) >= 11 is 3.32. The minimum Gasteiger partial charge on any atom is -0.497 e. The fourth-order valence-corrected chi connectivity index (χ4v) is 1.73. The van der Waals surface area contributed by atoms with Crippen LogP contribution < -0.4 is 9.47 Å². The maximum Gasteiger partial charge on any atom is 0.371 e. The van der Waals surface area contributed by atoms with Gasteiger partial charge in [0.1, 0.15) is 11.5 Å². The van der Waals surface area contributed by atoms with Crippen molar-refractivity contribution in [1.82, 2.24) is 0 Å². The molecule has 1 heterocycles. The van der Waals surface area contributed by atoms with Gasteiger partial charge in [-0.05, 0) is 40.2 Å². The Bertz CT molecular complexity index is 576. The van der Waals surface area contributed by atoms with E-state index < -0.39 is 5.97 Å². The van der Waals surface area contributed by atoms with Crippen LogP contribution >= 0.6 is 15.9 Å². The molecule has 1 aromatic heterocycles. The van der Waals surface area contributed by atoms with E-state index >= 15 is 0 Å². The largest absolute Gasteiger partial charge is 0.497 e. The molecule has 94 valence electrons. The topological polar surface area (TPSA) is 68.9 Å². The molecule has 1 N–H and O–H groups in total. The highest BCUT2D eigenvalue weighted by Gasteiger charge is 2.11. The Morgan fingerprint density at radius 2 is 2.11 bits per heavy atom. The maximum absolute atomic E-state index is 10.6. The van der Waals surface area contributed by atoms with Crippen LogP contribution in [0.15, 0.2) is 39.2 Å². The van der Waals surface area contributed by atoms with Crippen molar-refractivity contribution in [1.29, 1.82) is 0 Å². The fourth-order valence-electron chi connectivity index (χ4n) is 1.29. The second kappa shape index (κ2) is 5.14. The summed E-state index contributed by atoms with van der Waals surface area (Å²) in [4.78, 5) is 10.6. The summed E-state index contributed by atoms with van der Waals surface area (Å²) < 4.78 is 16.1. The Labute approximate surface area is 111 Å². The number of halogens is 1. The van der Waals surface area contributed by atoms with Gasteiger partial charge in [0, 0.05) is 6.07 Å². The first-order chi connectivity index (χ1) is 8.60. The van der Waals surface area contributed by atoms with Gasteiger partial charge in [-0.1, -0.05) is 0 Å². The smallest absolute Gasteiger partial charge is 0.371 e. The molecule has 0 saturated heterocycles. The zero-order valence-corrected chi connectivity index (χ0v) is 10.9. The monoisotopic (exact) mass is 312 g/mol. The summed E-state index contributed by atoms with van der Waals surface area (Å²) in [6.45, 7) is 0. The third-order valence-corrected chi connectivity index (χ3v) is 2.76. The number of hydrogen-bond acceptors (Lipinski definition) is 4. The van der Waals surface area contributed by atoms with E-state index in [1.165, 1.54) is 12.1 Å². The van der Waals surface area contributed by atoms with Crippen molar-refractivity contribution in [2.75, 3.05) is 7.11 Å². The van der Waals surface area contributed by atoms with Crippen LogP contribution in [0.2, 0.25) is 0 Å². The third kappa shape index (κ3) is 2.65. The molecule has 2 rings (SSSR count). The molecule has 0 bridgehead atoms. The number of carbonyl (C=O) groups is 1. The van der Waals surface area contributed by atoms with Crippen molar-refractivity contribution in [3.05, 3.63) is 40.6 Å². The van der Waals surface area contributed by atoms with Crippen molar-refractivity contribution in [3.63, 3.8) is 0 Å².